The lowest BCUT2D eigenvalue weighted by atomic mass is 10.1. The molecule has 0 radical (unpaired) electrons. The molecular formula is C16H23ClN2O. The lowest BCUT2D eigenvalue weighted by Gasteiger charge is -2.22. The Kier molecular flexibility index (Phi) is 5.86. The molecule has 0 aromatic heterocycles. The number of nitrogens with one attached hydrogen (secondary N) is 1. The highest BCUT2D eigenvalue weighted by molar-refractivity contribution is 6.30. The average molecular weight is 295 g/mol. The number of halogens is 1. The summed E-state index contributed by atoms with van der Waals surface area (Å²) in [6.45, 7) is 4.30. The predicted octanol–water partition coefficient (Wildman–Crippen LogP) is 3.39. The summed E-state index contributed by atoms with van der Waals surface area (Å²) >= 11 is 5.88. The Bertz CT molecular complexity index is 425. The summed E-state index contributed by atoms with van der Waals surface area (Å²) < 4.78 is 0. The Hall–Kier alpha value is -1.06. The summed E-state index contributed by atoms with van der Waals surface area (Å²) in [6, 6.07) is 7.91. The Morgan fingerprint density at radius 2 is 1.80 bits per heavy atom. The van der Waals surface area contributed by atoms with E-state index in [9.17, 15) is 4.79 Å². The van der Waals surface area contributed by atoms with Crippen molar-refractivity contribution in [2.45, 2.75) is 38.6 Å². The van der Waals surface area contributed by atoms with Gasteiger partial charge in [-0.15, -0.1) is 0 Å². The number of carbonyl (C=O) groups is 1. The number of hydrogen-bond donors (Lipinski definition) is 1. The van der Waals surface area contributed by atoms with Crippen LogP contribution in [0.15, 0.2) is 24.3 Å². The van der Waals surface area contributed by atoms with E-state index in [0.29, 0.717) is 6.54 Å². The van der Waals surface area contributed by atoms with E-state index in [-0.39, 0.29) is 11.9 Å². The molecular weight excluding hydrogens is 272 g/mol. The van der Waals surface area contributed by atoms with Gasteiger partial charge >= 0.3 is 0 Å². The fourth-order valence-corrected chi connectivity index (χ4v) is 2.67. The van der Waals surface area contributed by atoms with Crippen molar-refractivity contribution in [3.63, 3.8) is 0 Å². The lowest BCUT2D eigenvalue weighted by molar-refractivity contribution is -0.130. The Morgan fingerprint density at radius 3 is 2.40 bits per heavy atom. The molecule has 1 aliphatic rings. The van der Waals surface area contributed by atoms with E-state index in [0.717, 1.165) is 36.5 Å². The third-order valence-corrected chi connectivity index (χ3v) is 4.14. The van der Waals surface area contributed by atoms with Gasteiger partial charge in [-0.1, -0.05) is 36.6 Å². The van der Waals surface area contributed by atoms with E-state index < -0.39 is 0 Å². The first-order valence-corrected chi connectivity index (χ1v) is 7.81. The second-order valence-corrected chi connectivity index (χ2v) is 5.89. The smallest absolute Gasteiger partial charge is 0.236 e. The van der Waals surface area contributed by atoms with Crippen LogP contribution in [0.1, 0.15) is 44.2 Å². The number of hydrogen-bond acceptors (Lipinski definition) is 2. The summed E-state index contributed by atoms with van der Waals surface area (Å²) in [5.74, 6) is 0.215. The van der Waals surface area contributed by atoms with Crippen molar-refractivity contribution in [1.82, 2.24) is 10.2 Å². The van der Waals surface area contributed by atoms with Gasteiger partial charge in [0, 0.05) is 24.2 Å². The van der Waals surface area contributed by atoms with Crippen LogP contribution in [0.5, 0.6) is 0 Å². The van der Waals surface area contributed by atoms with E-state index in [1.54, 1.807) is 0 Å². The van der Waals surface area contributed by atoms with Crippen LogP contribution < -0.4 is 5.32 Å². The number of nitrogens with zero attached hydrogens (tertiary/aromatic N) is 1. The molecule has 1 atom stereocenters. The second kappa shape index (κ2) is 7.65. The van der Waals surface area contributed by atoms with Crippen molar-refractivity contribution in [3.05, 3.63) is 34.9 Å². The fourth-order valence-electron chi connectivity index (χ4n) is 2.54. The Labute approximate surface area is 126 Å². The molecule has 1 aromatic rings. The van der Waals surface area contributed by atoms with Gasteiger partial charge in [-0.2, -0.15) is 0 Å². The van der Waals surface area contributed by atoms with E-state index in [1.165, 1.54) is 12.8 Å². The monoisotopic (exact) mass is 294 g/mol. The van der Waals surface area contributed by atoms with Gasteiger partial charge in [-0.3, -0.25) is 4.79 Å². The topological polar surface area (TPSA) is 32.3 Å². The molecule has 1 aromatic carbocycles. The van der Waals surface area contributed by atoms with Gasteiger partial charge in [-0.25, -0.2) is 0 Å². The minimum atomic E-state index is 0.156. The van der Waals surface area contributed by atoms with Crippen LogP contribution in [0.25, 0.3) is 0 Å². The van der Waals surface area contributed by atoms with Gasteiger partial charge in [0.15, 0.2) is 0 Å². The standard InChI is InChI=1S/C16H23ClN2O/c1-13(14-6-8-15(17)9-7-14)18-12-16(20)19-10-4-2-3-5-11-19/h6-9,13,18H,2-5,10-12H2,1H3/t13-/m0/s1. The third-order valence-electron chi connectivity index (χ3n) is 3.89. The molecule has 20 heavy (non-hydrogen) atoms. The molecule has 4 heteroatoms. The molecule has 0 spiro atoms. The highest BCUT2D eigenvalue weighted by atomic mass is 35.5. The lowest BCUT2D eigenvalue weighted by Crippen LogP contribution is -2.39. The van der Waals surface area contributed by atoms with Gasteiger partial charge in [0.05, 0.1) is 6.54 Å². The number of carbonyl (C=O) groups excluding carboxylic acids is 1. The van der Waals surface area contributed by atoms with Crippen LogP contribution in [-0.2, 0) is 4.79 Å². The first kappa shape index (κ1) is 15.3. The van der Waals surface area contributed by atoms with Crippen LogP contribution in [0.2, 0.25) is 5.02 Å². The minimum absolute atomic E-state index is 0.156. The van der Waals surface area contributed by atoms with Crippen molar-refractivity contribution >= 4 is 17.5 Å². The SMILES string of the molecule is C[C@H](NCC(=O)N1CCCCCC1)c1ccc(Cl)cc1. The summed E-state index contributed by atoms with van der Waals surface area (Å²) in [4.78, 5) is 14.2. The zero-order valence-electron chi connectivity index (χ0n) is 12.1. The molecule has 3 nitrogen and oxygen atoms in total. The molecule has 0 bridgehead atoms. The molecule has 1 heterocycles. The van der Waals surface area contributed by atoms with Gasteiger partial charge in [0.1, 0.15) is 0 Å². The highest BCUT2D eigenvalue weighted by Gasteiger charge is 2.16. The van der Waals surface area contributed by atoms with Gasteiger partial charge in [-0.05, 0) is 37.5 Å². The molecule has 0 aliphatic carbocycles. The number of amides is 1. The van der Waals surface area contributed by atoms with Crippen LogP contribution in [0, 0.1) is 0 Å². The molecule has 1 fully saturated rings. The fraction of sp³-hybridized carbons (Fsp3) is 0.562. The van der Waals surface area contributed by atoms with Gasteiger partial charge < -0.3 is 10.2 Å². The maximum atomic E-state index is 12.2. The van der Waals surface area contributed by atoms with Crippen molar-refractivity contribution in [3.8, 4) is 0 Å². The van der Waals surface area contributed by atoms with Crippen LogP contribution in [0.3, 0.4) is 0 Å². The van der Waals surface area contributed by atoms with Crippen LogP contribution in [0.4, 0.5) is 0 Å². The molecule has 1 saturated heterocycles. The average Bonchev–Trinajstić information content (AvgIpc) is 2.74. The summed E-state index contributed by atoms with van der Waals surface area (Å²) in [5, 5.41) is 4.04. The first-order valence-electron chi connectivity index (χ1n) is 7.43. The highest BCUT2D eigenvalue weighted by Crippen LogP contribution is 2.16. The quantitative estimate of drug-likeness (QED) is 0.923. The summed E-state index contributed by atoms with van der Waals surface area (Å²) in [5.41, 5.74) is 1.15. The summed E-state index contributed by atoms with van der Waals surface area (Å²) in [6.07, 6.45) is 4.77. The maximum absolute atomic E-state index is 12.2. The van der Waals surface area contributed by atoms with Gasteiger partial charge in [0.25, 0.3) is 0 Å². The van der Waals surface area contributed by atoms with Crippen molar-refractivity contribution in [1.29, 1.82) is 0 Å². The zero-order valence-corrected chi connectivity index (χ0v) is 12.8. The number of benzene rings is 1. The normalized spacial score (nSPS) is 17.6. The Balaban J connectivity index is 1.81. The minimum Gasteiger partial charge on any atom is -0.342 e. The van der Waals surface area contributed by atoms with E-state index in [4.69, 9.17) is 11.6 Å². The molecule has 1 aliphatic heterocycles. The number of rotatable bonds is 4. The molecule has 1 amide bonds. The Morgan fingerprint density at radius 1 is 1.20 bits per heavy atom. The van der Waals surface area contributed by atoms with Crippen molar-refractivity contribution in [2.75, 3.05) is 19.6 Å². The maximum Gasteiger partial charge on any atom is 0.236 e. The van der Waals surface area contributed by atoms with Crippen molar-refractivity contribution in [2.24, 2.45) is 0 Å². The predicted molar refractivity (Wildman–Crippen MR) is 82.9 cm³/mol. The molecule has 2 rings (SSSR count). The van der Waals surface area contributed by atoms with Crippen LogP contribution >= 0.6 is 11.6 Å². The van der Waals surface area contributed by atoms with E-state index >= 15 is 0 Å². The summed E-state index contributed by atoms with van der Waals surface area (Å²) in [7, 11) is 0. The first-order chi connectivity index (χ1) is 9.66. The number of likely N-dealkylation sites (tertiary alicyclic amines) is 1. The zero-order chi connectivity index (χ0) is 14.4. The van der Waals surface area contributed by atoms with E-state index in [1.807, 2.05) is 29.2 Å². The largest absolute Gasteiger partial charge is 0.342 e. The van der Waals surface area contributed by atoms with Crippen molar-refractivity contribution < 1.29 is 4.79 Å². The van der Waals surface area contributed by atoms with E-state index in [2.05, 4.69) is 12.2 Å². The second-order valence-electron chi connectivity index (χ2n) is 5.45. The van der Waals surface area contributed by atoms with Crippen LogP contribution in [-0.4, -0.2) is 30.4 Å². The molecule has 1 N–H and O–H groups in total. The van der Waals surface area contributed by atoms with Gasteiger partial charge in [0.2, 0.25) is 5.91 Å². The third kappa shape index (κ3) is 4.50. The molecule has 0 unspecified atom stereocenters. The molecule has 110 valence electrons. The molecule has 0 saturated carbocycles.